The Morgan fingerprint density at radius 2 is 1.69 bits per heavy atom. The molecule has 5 aromatic rings. The zero-order chi connectivity index (χ0) is 27.5. The van der Waals surface area contributed by atoms with Gasteiger partial charge in [-0.05, 0) is 43.3 Å². The highest BCUT2D eigenvalue weighted by molar-refractivity contribution is 7.99. The van der Waals surface area contributed by atoms with Crippen LogP contribution in [0.15, 0.2) is 99.1 Å². The van der Waals surface area contributed by atoms with Crippen molar-refractivity contribution in [3.63, 3.8) is 0 Å². The van der Waals surface area contributed by atoms with E-state index in [9.17, 15) is 19.7 Å². The van der Waals surface area contributed by atoms with Gasteiger partial charge in [0.1, 0.15) is 16.9 Å². The zero-order valence-electron chi connectivity index (χ0n) is 20.9. The van der Waals surface area contributed by atoms with E-state index in [1.54, 1.807) is 12.1 Å². The lowest BCUT2D eigenvalue weighted by Crippen LogP contribution is -2.30. The molecule has 10 heteroatoms. The third-order valence-corrected chi connectivity index (χ3v) is 7.05. The van der Waals surface area contributed by atoms with Crippen LogP contribution in [0.2, 0.25) is 0 Å². The van der Waals surface area contributed by atoms with Gasteiger partial charge in [0, 0.05) is 27.8 Å². The highest BCUT2D eigenvalue weighted by atomic mass is 32.2. The van der Waals surface area contributed by atoms with E-state index in [1.807, 2.05) is 54.6 Å². The lowest BCUT2D eigenvalue weighted by atomic mass is 10.1. The van der Waals surface area contributed by atoms with E-state index in [-0.39, 0.29) is 11.3 Å². The molecule has 1 N–H and O–H groups in total. The summed E-state index contributed by atoms with van der Waals surface area (Å²) in [4.78, 5) is 38.0. The van der Waals surface area contributed by atoms with E-state index in [0.717, 1.165) is 21.7 Å². The Bertz CT molecular complexity index is 1720. The number of rotatable bonds is 8. The standard InChI is InChI=1S/C29H22N2O7S/c1-17(28(32)30-22-16-25-21(15-26(22)36-2)20-10-6-7-11-24(20)38-25)37-29(33)18-12-13-27(23(14-18)31(34)35)39-19-8-4-3-5-9-19/h3-17H,1-2H3,(H,30,32)/t17-/m0/s1. The van der Waals surface area contributed by atoms with Crippen LogP contribution in [0.5, 0.6) is 5.75 Å². The SMILES string of the molecule is COc1cc2c(cc1NC(=O)[C@H](C)OC(=O)c1ccc(Sc3ccccc3)c([N+](=O)[O-])c1)oc1ccccc12. The molecule has 39 heavy (non-hydrogen) atoms. The van der Waals surface area contributed by atoms with Crippen molar-refractivity contribution in [2.45, 2.75) is 22.8 Å². The number of anilines is 1. The molecule has 196 valence electrons. The normalized spacial score (nSPS) is 11.7. The van der Waals surface area contributed by atoms with E-state index in [2.05, 4.69) is 5.32 Å². The summed E-state index contributed by atoms with van der Waals surface area (Å²) in [6.07, 6.45) is -1.20. The monoisotopic (exact) mass is 542 g/mol. The molecule has 0 bridgehead atoms. The van der Waals surface area contributed by atoms with Gasteiger partial charge < -0.3 is 19.2 Å². The first-order chi connectivity index (χ1) is 18.8. The van der Waals surface area contributed by atoms with Crippen LogP contribution in [0.1, 0.15) is 17.3 Å². The Hall–Kier alpha value is -4.83. The summed E-state index contributed by atoms with van der Waals surface area (Å²) in [5.74, 6) is -1.07. The summed E-state index contributed by atoms with van der Waals surface area (Å²) in [6, 6.07) is 24.2. The number of methoxy groups -OCH3 is 1. The predicted molar refractivity (Wildman–Crippen MR) is 147 cm³/mol. The Kier molecular flexibility index (Phi) is 7.20. The van der Waals surface area contributed by atoms with Crippen molar-refractivity contribution >= 4 is 57.0 Å². The zero-order valence-corrected chi connectivity index (χ0v) is 21.7. The second-order valence-electron chi connectivity index (χ2n) is 8.54. The minimum atomic E-state index is -1.20. The number of ether oxygens (including phenoxy) is 2. The second kappa shape index (κ2) is 10.9. The average molecular weight is 543 g/mol. The summed E-state index contributed by atoms with van der Waals surface area (Å²) < 4.78 is 16.7. The third-order valence-electron chi connectivity index (χ3n) is 5.97. The van der Waals surface area contributed by atoms with Gasteiger partial charge in [-0.1, -0.05) is 48.2 Å². The van der Waals surface area contributed by atoms with Crippen LogP contribution >= 0.6 is 11.8 Å². The fourth-order valence-electron chi connectivity index (χ4n) is 4.02. The van der Waals surface area contributed by atoms with Crippen molar-refractivity contribution < 1.29 is 28.4 Å². The summed E-state index contributed by atoms with van der Waals surface area (Å²) in [5, 5.41) is 16.1. The van der Waals surface area contributed by atoms with E-state index < -0.39 is 22.9 Å². The molecule has 1 amide bonds. The van der Waals surface area contributed by atoms with Crippen LogP contribution in [0.4, 0.5) is 11.4 Å². The van der Waals surface area contributed by atoms with Crippen molar-refractivity contribution in [3.8, 4) is 5.75 Å². The molecule has 0 aliphatic heterocycles. The predicted octanol–water partition coefficient (Wildman–Crippen LogP) is 6.84. The van der Waals surface area contributed by atoms with E-state index in [4.69, 9.17) is 13.9 Å². The fourth-order valence-corrected chi connectivity index (χ4v) is 4.94. The van der Waals surface area contributed by atoms with Crippen molar-refractivity contribution in [1.82, 2.24) is 0 Å². The van der Waals surface area contributed by atoms with Crippen molar-refractivity contribution in [2.75, 3.05) is 12.4 Å². The smallest absolute Gasteiger partial charge is 0.339 e. The number of carbonyl (C=O) groups is 2. The molecule has 0 radical (unpaired) electrons. The van der Waals surface area contributed by atoms with Gasteiger partial charge in [-0.3, -0.25) is 14.9 Å². The molecule has 0 spiro atoms. The van der Waals surface area contributed by atoms with Crippen LogP contribution in [-0.2, 0) is 9.53 Å². The highest BCUT2D eigenvalue weighted by Gasteiger charge is 2.24. The minimum Gasteiger partial charge on any atom is -0.495 e. The van der Waals surface area contributed by atoms with Gasteiger partial charge in [-0.15, -0.1) is 0 Å². The first-order valence-electron chi connectivity index (χ1n) is 11.9. The summed E-state index contributed by atoms with van der Waals surface area (Å²) in [6.45, 7) is 1.41. The average Bonchev–Trinajstić information content (AvgIpc) is 3.30. The number of benzene rings is 4. The topological polar surface area (TPSA) is 121 Å². The number of carbonyl (C=O) groups excluding carboxylic acids is 2. The Morgan fingerprint density at radius 1 is 0.949 bits per heavy atom. The van der Waals surface area contributed by atoms with Crippen molar-refractivity contribution in [3.05, 3.63) is 101 Å². The number of hydrogen-bond acceptors (Lipinski definition) is 8. The number of nitro groups is 1. The van der Waals surface area contributed by atoms with E-state index in [1.165, 1.54) is 37.9 Å². The molecule has 0 saturated heterocycles. The van der Waals surface area contributed by atoms with E-state index >= 15 is 0 Å². The lowest BCUT2D eigenvalue weighted by Gasteiger charge is -2.15. The van der Waals surface area contributed by atoms with Gasteiger partial charge in [-0.2, -0.15) is 0 Å². The highest BCUT2D eigenvalue weighted by Crippen LogP contribution is 2.37. The Labute approximate surface area is 226 Å². The summed E-state index contributed by atoms with van der Waals surface area (Å²) in [5.41, 5.74) is 1.31. The molecule has 1 aromatic heterocycles. The second-order valence-corrected chi connectivity index (χ2v) is 9.65. The van der Waals surface area contributed by atoms with Gasteiger partial charge in [0.25, 0.3) is 11.6 Å². The first kappa shape index (κ1) is 25.8. The van der Waals surface area contributed by atoms with Crippen LogP contribution < -0.4 is 10.1 Å². The molecule has 4 aromatic carbocycles. The number of nitro benzene ring substituents is 1. The van der Waals surface area contributed by atoms with Gasteiger partial charge in [0.2, 0.25) is 0 Å². The third kappa shape index (κ3) is 5.41. The molecular formula is C29H22N2O7S. The number of furan rings is 1. The van der Waals surface area contributed by atoms with Gasteiger partial charge in [-0.25, -0.2) is 4.79 Å². The molecule has 1 heterocycles. The van der Waals surface area contributed by atoms with E-state index in [0.29, 0.717) is 27.5 Å². The molecule has 0 aliphatic carbocycles. The maximum Gasteiger partial charge on any atom is 0.339 e. The number of nitrogens with one attached hydrogen (secondary N) is 1. The van der Waals surface area contributed by atoms with Gasteiger partial charge in [0.15, 0.2) is 6.10 Å². The molecule has 0 unspecified atom stereocenters. The number of para-hydroxylation sites is 1. The van der Waals surface area contributed by atoms with Crippen LogP contribution in [0.25, 0.3) is 21.9 Å². The summed E-state index contributed by atoms with van der Waals surface area (Å²) in [7, 11) is 1.48. The maximum absolute atomic E-state index is 12.9. The first-order valence-corrected chi connectivity index (χ1v) is 12.7. The fraction of sp³-hybridized carbons (Fsp3) is 0.103. The number of esters is 1. The molecule has 1 atom stereocenters. The van der Waals surface area contributed by atoms with Crippen LogP contribution in [0, 0.1) is 10.1 Å². The lowest BCUT2D eigenvalue weighted by molar-refractivity contribution is -0.387. The molecule has 0 saturated carbocycles. The largest absolute Gasteiger partial charge is 0.495 e. The number of nitrogens with zero attached hydrogens (tertiary/aromatic N) is 1. The molecule has 9 nitrogen and oxygen atoms in total. The van der Waals surface area contributed by atoms with Gasteiger partial charge in [0.05, 0.1) is 28.2 Å². The maximum atomic E-state index is 12.9. The van der Waals surface area contributed by atoms with Gasteiger partial charge >= 0.3 is 5.97 Å². The van der Waals surface area contributed by atoms with Crippen LogP contribution in [-0.4, -0.2) is 30.0 Å². The Morgan fingerprint density at radius 3 is 2.44 bits per heavy atom. The molecule has 0 fully saturated rings. The molecule has 0 aliphatic rings. The number of fused-ring (bicyclic) bond motifs is 3. The quantitative estimate of drug-likeness (QED) is 0.129. The molecular weight excluding hydrogens is 520 g/mol. The van der Waals surface area contributed by atoms with Crippen LogP contribution in [0.3, 0.4) is 0 Å². The molecule has 5 rings (SSSR count). The minimum absolute atomic E-state index is 0.0416. The number of hydrogen-bond donors (Lipinski definition) is 1. The summed E-state index contributed by atoms with van der Waals surface area (Å²) >= 11 is 1.21. The Balaban J connectivity index is 1.32. The van der Waals surface area contributed by atoms with Crippen molar-refractivity contribution in [1.29, 1.82) is 0 Å². The number of amides is 1. The van der Waals surface area contributed by atoms with Crippen molar-refractivity contribution in [2.24, 2.45) is 0 Å².